The summed E-state index contributed by atoms with van der Waals surface area (Å²) in [7, 11) is 1.47. The van der Waals surface area contributed by atoms with Gasteiger partial charge in [-0.1, -0.05) is 0 Å². The Labute approximate surface area is 185 Å². The maximum atomic E-state index is 15.0. The highest BCUT2D eigenvalue weighted by Crippen LogP contribution is 2.42. The summed E-state index contributed by atoms with van der Waals surface area (Å²) in [5.74, 6) is 1.31. The van der Waals surface area contributed by atoms with Crippen LogP contribution >= 0.6 is 0 Å². The zero-order valence-electron chi connectivity index (χ0n) is 18.0. The van der Waals surface area contributed by atoms with E-state index in [-0.39, 0.29) is 5.41 Å². The number of alkyl halides is 1. The van der Waals surface area contributed by atoms with Crippen molar-refractivity contribution >= 4 is 11.5 Å². The molecule has 5 rings (SSSR count). The summed E-state index contributed by atoms with van der Waals surface area (Å²) >= 11 is 0. The molecule has 9 nitrogen and oxygen atoms in total. The van der Waals surface area contributed by atoms with Crippen LogP contribution in [0.5, 0.6) is 5.75 Å². The second kappa shape index (κ2) is 8.31. The molecule has 1 spiro atoms. The summed E-state index contributed by atoms with van der Waals surface area (Å²) in [4.78, 5) is 8.63. The first-order chi connectivity index (χ1) is 15.6. The van der Waals surface area contributed by atoms with Crippen LogP contribution in [0.1, 0.15) is 36.7 Å². The van der Waals surface area contributed by atoms with Crippen molar-refractivity contribution in [3.63, 3.8) is 0 Å². The molecule has 1 atom stereocenters. The van der Waals surface area contributed by atoms with Gasteiger partial charge in [-0.3, -0.25) is 9.88 Å². The quantitative estimate of drug-likeness (QED) is 0.602. The number of halogens is 1. The van der Waals surface area contributed by atoms with Crippen LogP contribution in [0.4, 0.5) is 10.2 Å². The predicted molar refractivity (Wildman–Crippen MR) is 115 cm³/mol. The lowest BCUT2D eigenvalue weighted by molar-refractivity contribution is 0.0952. The number of hydrogen-bond acceptors (Lipinski definition) is 8. The van der Waals surface area contributed by atoms with E-state index in [4.69, 9.17) is 10.00 Å². The predicted octanol–water partition coefficient (Wildman–Crippen LogP) is 2.40. The van der Waals surface area contributed by atoms with Crippen molar-refractivity contribution in [2.24, 2.45) is 5.41 Å². The van der Waals surface area contributed by atoms with Gasteiger partial charge in [0.2, 0.25) is 0 Å². The van der Waals surface area contributed by atoms with Gasteiger partial charge < -0.3 is 9.64 Å². The third kappa shape index (κ3) is 3.84. The number of pyridine rings is 1. The number of aromatic nitrogens is 5. The first kappa shape index (κ1) is 20.6. The van der Waals surface area contributed by atoms with Crippen molar-refractivity contribution in [1.29, 1.82) is 5.26 Å². The van der Waals surface area contributed by atoms with Gasteiger partial charge in [0.1, 0.15) is 29.5 Å². The van der Waals surface area contributed by atoms with Crippen LogP contribution < -0.4 is 9.64 Å². The second-order valence-electron chi connectivity index (χ2n) is 8.69. The number of fused-ring (bicyclic) bond motifs is 1. The van der Waals surface area contributed by atoms with E-state index in [1.165, 1.54) is 19.4 Å². The molecule has 0 aliphatic carbocycles. The van der Waals surface area contributed by atoms with Crippen molar-refractivity contribution in [3.8, 4) is 11.8 Å². The highest BCUT2D eigenvalue weighted by molar-refractivity contribution is 5.46. The fourth-order valence-corrected chi connectivity index (χ4v) is 4.83. The number of nitriles is 1. The molecule has 0 bridgehead atoms. The smallest absolute Gasteiger partial charge is 0.177 e. The number of hydrogen-bond donors (Lipinski definition) is 0. The zero-order valence-corrected chi connectivity index (χ0v) is 18.0. The normalized spacial score (nSPS) is 19.3. The largest absolute Gasteiger partial charge is 0.495 e. The molecule has 3 aromatic rings. The molecule has 3 aromatic heterocycles. The minimum atomic E-state index is -1.22. The van der Waals surface area contributed by atoms with Crippen molar-refractivity contribution in [2.45, 2.75) is 25.4 Å². The number of nitrogens with zero attached hydrogens (tertiary/aromatic N) is 8. The summed E-state index contributed by atoms with van der Waals surface area (Å²) in [5, 5.41) is 21.6. The fraction of sp³-hybridized carbons (Fsp3) is 0.500. The molecular formula is C22H25FN8O. The van der Waals surface area contributed by atoms with Crippen LogP contribution in [-0.2, 0) is 0 Å². The monoisotopic (exact) mass is 436 g/mol. The maximum absolute atomic E-state index is 15.0. The molecule has 0 radical (unpaired) electrons. The fourth-order valence-electron chi connectivity index (χ4n) is 4.83. The van der Waals surface area contributed by atoms with Gasteiger partial charge in [0.05, 0.1) is 12.8 Å². The minimum absolute atomic E-state index is 0.252. The van der Waals surface area contributed by atoms with Gasteiger partial charge in [0.25, 0.3) is 0 Å². The van der Waals surface area contributed by atoms with Crippen LogP contribution in [0, 0.1) is 16.7 Å². The Bertz CT molecular complexity index is 1150. The van der Waals surface area contributed by atoms with Crippen LogP contribution in [0.3, 0.4) is 0 Å². The SMILES string of the molecule is COc1cc([C@@H](F)CN2CCC3(CC2)CCN(c2ccc4nncn4n2)C3)ncc1C#N. The van der Waals surface area contributed by atoms with E-state index < -0.39 is 6.17 Å². The number of ether oxygens (including phenoxy) is 1. The molecule has 166 valence electrons. The standard InChI is InChI=1S/C22H25FN8O/c1-32-19-10-18(25-12-16(19)11-24)17(23)13-29-7-4-22(5-8-29)6-9-30(14-22)21-3-2-20-27-26-15-31(20)28-21/h2-3,10,12,15,17H,4-9,13-14H2,1H3/t17-/m0/s1. The molecule has 5 heterocycles. The van der Waals surface area contributed by atoms with Gasteiger partial charge in [-0.2, -0.15) is 9.78 Å². The van der Waals surface area contributed by atoms with Gasteiger partial charge in [0, 0.05) is 31.9 Å². The molecule has 10 heteroatoms. The average molecular weight is 436 g/mol. The molecule has 2 fully saturated rings. The highest BCUT2D eigenvalue weighted by atomic mass is 19.1. The molecular weight excluding hydrogens is 411 g/mol. The first-order valence-electron chi connectivity index (χ1n) is 10.8. The molecule has 2 aliphatic heterocycles. The van der Waals surface area contributed by atoms with Crippen molar-refractivity contribution < 1.29 is 9.13 Å². The van der Waals surface area contributed by atoms with Crippen molar-refractivity contribution in [1.82, 2.24) is 29.7 Å². The average Bonchev–Trinajstić information content (AvgIpc) is 3.47. The summed E-state index contributed by atoms with van der Waals surface area (Å²) in [6, 6.07) is 7.48. The Morgan fingerprint density at radius 1 is 1.25 bits per heavy atom. The number of rotatable bonds is 5. The van der Waals surface area contributed by atoms with Crippen LogP contribution in [-0.4, -0.2) is 69.5 Å². The van der Waals surface area contributed by atoms with Crippen molar-refractivity contribution in [2.75, 3.05) is 44.7 Å². The van der Waals surface area contributed by atoms with E-state index in [0.29, 0.717) is 23.6 Å². The number of methoxy groups -OCH3 is 1. The molecule has 0 aromatic carbocycles. The Kier molecular flexibility index (Phi) is 5.35. The molecule has 0 saturated carbocycles. The van der Waals surface area contributed by atoms with Gasteiger partial charge in [-0.15, -0.1) is 15.3 Å². The maximum Gasteiger partial charge on any atom is 0.177 e. The van der Waals surface area contributed by atoms with E-state index in [9.17, 15) is 4.39 Å². The van der Waals surface area contributed by atoms with E-state index in [0.717, 1.165) is 56.9 Å². The molecule has 32 heavy (non-hydrogen) atoms. The topological polar surface area (TPSA) is 95.5 Å². The Hall–Kier alpha value is -3.32. The first-order valence-corrected chi connectivity index (χ1v) is 10.8. The number of piperidine rings is 1. The number of anilines is 1. The lowest BCUT2D eigenvalue weighted by Crippen LogP contribution is -2.42. The summed E-state index contributed by atoms with van der Waals surface area (Å²) in [6.45, 7) is 3.96. The summed E-state index contributed by atoms with van der Waals surface area (Å²) < 4.78 is 21.8. The summed E-state index contributed by atoms with van der Waals surface area (Å²) in [5.41, 5.74) is 1.61. The van der Waals surface area contributed by atoms with E-state index in [2.05, 4.69) is 30.1 Å². The van der Waals surface area contributed by atoms with Gasteiger partial charge >= 0.3 is 0 Å². The zero-order chi connectivity index (χ0) is 22.1. The summed E-state index contributed by atoms with van der Waals surface area (Å²) in [6.07, 6.45) is 4.98. The van der Waals surface area contributed by atoms with Gasteiger partial charge in [-0.25, -0.2) is 4.39 Å². The van der Waals surface area contributed by atoms with Gasteiger partial charge in [-0.05, 0) is 49.9 Å². The van der Waals surface area contributed by atoms with Crippen LogP contribution in [0.25, 0.3) is 5.65 Å². The molecule has 0 unspecified atom stereocenters. The molecule has 0 N–H and O–H groups in total. The third-order valence-electron chi connectivity index (χ3n) is 6.79. The lowest BCUT2D eigenvalue weighted by Gasteiger charge is -2.39. The van der Waals surface area contributed by atoms with Crippen LogP contribution in [0.2, 0.25) is 0 Å². The van der Waals surface area contributed by atoms with Crippen molar-refractivity contribution in [3.05, 3.63) is 42.0 Å². The second-order valence-corrected chi connectivity index (χ2v) is 8.69. The van der Waals surface area contributed by atoms with Gasteiger partial charge in [0.15, 0.2) is 11.8 Å². The molecule has 2 aliphatic rings. The Morgan fingerprint density at radius 3 is 2.84 bits per heavy atom. The number of likely N-dealkylation sites (tertiary alicyclic amines) is 1. The molecule has 0 amide bonds. The Morgan fingerprint density at radius 2 is 2.06 bits per heavy atom. The van der Waals surface area contributed by atoms with Crippen LogP contribution in [0.15, 0.2) is 30.7 Å². The van der Waals surface area contributed by atoms with E-state index in [1.54, 1.807) is 10.8 Å². The van der Waals surface area contributed by atoms with E-state index in [1.807, 2.05) is 18.2 Å². The minimum Gasteiger partial charge on any atom is -0.495 e. The Balaban J connectivity index is 1.18. The molecule has 2 saturated heterocycles. The third-order valence-corrected chi connectivity index (χ3v) is 6.79. The highest BCUT2D eigenvalue weighted by Gasteiger charge is 2.41. The lowest BCUT2D eigenvalue weighted by atomic mass is 9.77. The van der Waals surface area contributed by atoms with E-state index >= 15 is 0 Å².